The third kappa shape index (κ3) is 4.49. The highest BCUT2D eigenvalue weighted by atomic mass is 32.2. The predicted molar refractivity (Wildman–Crippen MR) is 62.0 cm³/mol. The highest BCUT2D eigenvalue weighted by Gasteiger charge is 2.26. The van der Waals surface area contributed by atoms with Gasteiger partial charge in [0.1, 0.15) is 0 Å². The van der Waals surface area contributed by atoms with E-state index >= 15 is 0 Å². The van der Waals surface area contributed by atoms with E-state index in [2.05, 4.69) is 4.72 Å². The minimum Gasteiger partial charge on any atom is -0.326 e. The summed E-state index contributed by atoms with van der Waals surface area (Å²) in [5.41, 5.74) is 5.89. The number of sulfonamides is 1. The normalized spacial score (nSPS) is 28.3. The molecule has 1 rings (SSSR count). The van der Waals surface area contributed by atoms with E-state index in [4.69, 9.17) is 5.73 Å². The van der Waals surface area contributed by atoms with Gasteiger partial charge in [-0.05, 0) is 18.8 Å². The largest absolute Gasteiger partial charge is 0.326 e. The number of hydrogen-bond acceptors (Lipinski definition) is 3. The molecule has 3 N–H and O–H groups in total. The molecule has 0 aromatic rings. The number of rotatable bonds is 4. The molecule has 0 bridgehead atoms. The van der Waals surface area contributed by atoms with Gasteiger partial charge in [0, 0.05) is 12.1 Å². The van der Waals surface area contributed by atoms with Crippen molar-refractivity contribution in [3.8, 4) is 0 Å². The van der Waals surface area contributed by atoms with Crippen LogP contribution in [0.3, 0.4) is 0 Å². The zero-order valence-electron chi connectivity index (χ0n) is 9.57. The molecule has 2 unspecified atom stereocenters. The molecule has 0 heterocycles. The van der Waals surface area contributed by atoms with Gasteiger partial charge >= 0.3 is 0 Å². The molecule has 0 amide bonds. The van der Waals surface area contributed by atoms with Crippen LogP contribution in [0.15, 0.2) is 0 Å². The van der Waals surface area contributed by atoms with Gasteiger partial charge in [0.15, 0.2) is 0 Å². The van der Waals surface area contributed by atoms with Crippen LogP contribution in [0, 0.1) is 5.92 Å². The van der Waals surface area contributed by atoms with E-state index < -0.39 is 10.0 Å². The van der Waals surface area contributed by atoms with Crippen LogP contribution in [0.2, 0.25) is 0 Å². The van der Waals surface area contributed by atoms with E-state index in [0.717, 1.165) is 25.7 Å². The van der Waals surface area contributed by atoms with Crippen molar-refractivity contribution < 1.29 is 8.42 Å². The van der Waals surface area contributed by atoms with Crippen LogP contribution in [0.5, 0.6) is 0 Å². The first-order valence-corrected chi connectivity index (χ1v) is 7.31. The lowest BCUT2D eigenvalue weighted by Gasteiger charge is -2.29. The van der Waals surface area contributed by atoms with Crippen molar-refractivity contribution in [2.45, 2.75) is 51.6 Å². The summed E-state index contributed by atoms with van der Waals surface area (Å²) >= 11 is 0. The van der Waals surface area contributed by atoms with Gasteiger partial charge in [0.2, 0.25) is 10.0 Å². The summed E-state index contributed by atoms with van der Waals surface area (Å²) in [6, 6.07) is -0.0665. The van der Waals surface area contributed by atoms with Crippen molar-refractivity contribution in [3.05, 3.63) is 0 Å². The molecule has 1 saturated carbocycles. The molecule has 0 saturated heterocycles. The molecular formula is C10H22N2O2S. The monoisotopic (exact) mass is 234 g/mol. The van der Waals surface area contributed by atoms with Crippen molar-refractivity contribution >= 4 is 10.0 Å². The lowest BCUT2D eigenvalue weighted by Crippen LogP contribution is -2.50. The zero-order chi connectivity index (χ0) is 11.5. The molecule has 1 aliphatic rings. The summed E-state index contributed by atoms with van der Waals surface area (Å²) in [4.78, 5) is 0. The topological polar surface area (TPSA) is 72.2 Å². The quantitative estimate of drug-likeness (QED) is 0.757. The Morgan fingerprint density at radius 2 is 1.93 bits per heavy atom. The first kappa shape index (κ1) is 12.9. The molecule has 1 fully saturated rings. The smallest absolute Gasteiger partial charge is 0.212 e. The molecule has 90 valence electrons. The number of hydrogen-bond donors (Lipinski definition) is 2. The average molecular weight is 234 g/mol. The van der Waals surface area contributed by atoms with Crippen molar-refractivity contribution in [1.82, 2.24) is 4.72 Å². The molecule has 0 aliphatic heterocycles. The molecule has 0 aromatic carbocycles. The van der Waals surface area contributed by atoms with E-state index in [1.165, 1.54) is 0 Å². The lowest BCUT2D eigenvalue weighted by atomic mass is 9.92. The summed E-state index contributed by atoms with van der Waals surface area (Å²) in [6.07, 6.45) is 3.99. The number of nitrogens with two attached hydrogens (primary N) is 1. The van der Waals surface area contributed by atoms with Gasteiger partial charge in [-0.1, -0.05) is 26.7 Å². The summed E-state index contributed by atoms with van der Waals surface area (Å²) in [5, 5.41) is 0. The van der Waals surface area contributed by atoms with Crippen LogP contribution in [0.25, 0.3) is 0 Å². The molecular weight excluding hydrogens is 212 g/mol. The molecule has 0 aromatic heterocycles. The third-order valence-corrected chi connectivity index (χ3v) is 4.47. The molecule has 0 spiro atoms. The average Bonchev–Trinajstić information content (AvgIpc) is 2.06. The van der Waals surface area contributed by atoms with E-state index in [9.17, 15) is 8.42 Å². The van der Waals surface area contributed by atoms with E-state index in [1.807, 2.05) is 13.8 Å². The second-order valence-electron chi connectivity index (χ2n) is 4.85. The van der Waals surface area contributed by atoms with Crippen LogP contribution in [-0.4, -0.2) is 26.3 Å². The summed E-state index contributed by atoms with van der Waals surface area (Å²) in [6.45, 7) is 3.81. The molecule has 5 heteroatoms. The fourth-order valence-corrected chi connectivity index (χ4v) is 3.75. The summed E-state index contributed by atoms with van der Waals surface area (Å²) in [7, 11) is -3.14. The Bertz CT molecular complexity index is 288. The Labute approximate surface area is 92.7 Å². The minimum atomic E-state index is -3.14. The van der Waals surface area contributed by atoms with Crippen LogP contribution in [0.4, 0.5) is 0 Å². The van der Waals surface area contributed by atoms with E-state index in [0.29, 0.717) is 0 Å². The molecule has 0 radical (unpaired) electrons. The highest BCUT2D eigenvalue weighted by Crippen LogP contribution is 2.17. The maximum Gasteiger partial charge on any atom is 0.212 e. The molecule has 2 atom stereocenters. The highest BCUT2D eigenvalue weighted by molar-refractivity contribution is 7.89. The van der Waals surface area contributed by atoms with Crippen LogP contribution >= 0.6 is 0 Å². The van der Waals surface area contributed by atoms with Gasteiger partial charge < -0.3 is 5.73 Å². The lowest BCUT2D eigenvalue weighted by molar-refractivity contribution is 0.360. The maximum absolute atomic E-state index is 11.7. The van der Waals surface area contributed by atoms with Crippen LogP contribution in [-0.2, 0) is 10.0 Å². The van der Waals surface area contributed by atoms with Gasteiger partial charge in [0.05, 0.1) is 5.75 Å². The fourth-order valence-electron chi connectivity index (χ4n) is 2.02. The summed E-state index contributed by atoms with van der Waals surface area (Å²) < 4.78 is 26.1. The number of nitrogens with one attached hydrogen (secondary N) is 1. The van der Waals surface area contributed by atoms with Gasteiger partial charge in [0.25, 0.3) is 0 Å². The Hall–Kier alpha value is -0.130. The van der Waals surface area contributed by atoms with Crippen molar-refractivity contribution in [3.63, 3.8) is 0 Å². The van der Waals surface area contributed by atoms with Crippen LogP contribution < -0.4 is 10.5 Å². The Kier molecular flexibility index (Phi) is 4.55. The summed E-state index contributed by atoms with van der Waals surface area (Å²) in [5.74, 6) is 0.346. The first-order valence-electron chi connectivity index (χ1n) is 5.66. The van der Waals surface area contributed by atoms with Gasteiger partial charge in [-0.3, -0.25) is 0 Å². The Morgan fingerprint density at radius 1 is 1.33 bits per heavy atom. The van der Waals surface area contributed by atoms with E-state index in [1.54, 1.807) is 0 Å². The van der Waals surface area contributed by atoms with Crippen molar-refractivity contribution in [2.24, 2.45) is 11.7 Å². The Morgan fingerprint density at radius 3 is 2.47 bits per heavy atom. The van der Waals surface area contributed by atoms with Crippen molar-refractivity contribution in [1.29, 1.82) is 0 Å². The molecule has 1 aliphatic carbocycles. The van der Waals surface area contributed by atoms with E-state index in [-0.39, 0.29) is 23.8 Å². The molecule has 4 nitrogen and oxygen atoms in total. The third-order valence-electron chi connectivity index (χ3n) is 2.70. The van der Waals surface area contributed by atoms with Gasteiger partial charge in [-0.25, -0.2) is 13.1 Å². The first-order chi connectivity index (χ1) is 6.91. The van der Waals surface area contributed by atoms with Crippen LogP contribution in [0.1, 0.15) is 39.5 Å². The molecule has 15 heavy (non-hydrogen) atoms. The minimum absolute atomic E-state index is 0.0133. The zero-order valence-corrected chi connectivity index (χ0v) is 10.4. The fraction of sp³-hybridized carbons (Fsp3) is 1.00. The Balaban J connectivity index is 2.52. The second kappa shape index (κ2) is 5.27. The van der Waals surface area contributed by atoms with Crippen molar-refractivity contribution in [2.75, 3.05) is 5.75 Å². The SMILES string of the molecule is CC(C)CS(=O)(=O)NC1CCCCC1N. The predicted octanol–water partition coefficient (Wildman–Crippen LogP) is 0.832. The standard InChI is InChI=1S/C10H22N2O2S/c1-8(2)7-15(13,14)12-10-6-4-3-5-9(10)11/h8-10,12H,3-7,11H2,1-2H3. The second-order valence-corrected chi connectivity index (χ2v) is 6.65. The van der Waals surface area contributed by atoms with Gasteiger partial charge in [-0.15, -0.1) is 0 Å². The van der Waals surface area contributed by atoms with Gasteiger partial charge in [-0.2, -0.15) is 0 Å². The maximum atomic E-state index is 11.7.